The fraction of sp³-hybridized carbons (Fsp3) is 0.444. The first-order valence-electron chi connectivity index (χ1n) is 4.41. The van der Waals surface area contributed by atoms with Crippen molar-refractivity contribution in [1.29, 1.82) is 0 Å². The molecule has 15 heavy (non-hydrogen) atoms. The van der Waals surface area contributed by atoms with Crippen molar-refractivity contribution in [3.05, 3.63) is 17.0 Å². The molecule has 0 spiro atoms. The molecule has 6 heteroatoms. The number of hydrogen-bond acceptors (Lipinski definition) is 5. The van der Waals surface area contributed by atoms with Crippen LogP contribution in [-0.2, 0) is 9.53 Å². The standard InChI is InChI=1S/C9H11ClN2O2S/c1-3-14-8(13)5-15-7-4-6(2)11-9(10)12-7/h4H,3,5H2,1-2H3. The minimum absolute atomic E-state index is 0.196. The van der Waals surface area contributed by atoms with Crippen molar-refractivity contribution in [2.75, 3.05) is 12.4 Å². The van der Waals surface area contributed by atoms with Crippen molar-refractivity contribution in [2.45, 2.75) is 18.9 Å². The van der Waals surface area contributed by atoms with Gasteiger partial charge in [-0.1, -0.05) is 11.8 Å². The second-order valence-electron chi connectivity index (χ2n) is 2.71. The fourth-order valence-corrected chi connectivity index (χ4v) is 1.94. The molecule has 0 bridgehead atoms. The van der Waals surface area contributed by atoms with E-state index in [4.69, 9.17) is 16.3 Å². The van der Waals surface area contributed by atoms with Gasteiger partial charge in [0, 0.05) is 5.69 Å². The summed E-state index contributed by atoms with van der Waals surface area (Å²) in [7, 11) is 0. The highest BCUT2D eigenvalue weighted by molar-refractivity contribution is 7.99. The summed E-state index contributed by atoms with van der Waals surface area (Å²) >= 11 is 6.96. The van der Waals surface area contributed by atoms with E-state index in [0.717, 1.165) is 5.69 Å². The maximum absolute atomic E-state index is 11.1. The van der Waals surface area contributed by atoms with E-state index in [1.54, 1.807) is 13.0 Å². The van der Waals surface area contributed by atoms with Gasteiger partial charge in [-0.3, -0.25) is 4.79 Å². The topological polar surface area (TPSA) is 52.1 Å². The minimum atomic E-state index is -0.255. The Morgan fingerprint density at radius 3 is 2.93 bits per heavy atom. The number of carbonyl (C=O) groups is 1. The van der Waals surface area contributed by atoms with Crippen LogP contribution in [-0.4, -0.2) is 28.3 Å². The number of aromatic nitrogens is 2. The molecule has 0 atom stereocenters. The molecule has 1 heterocycles. The molecule has 1 aromatic rings. The Labute approximate surface area is 97.4 Å². The molecule has 0 radical (unpaired) electrons. The molecule has 82 valence electrons. The van der Waals surface area contributed by atoms with E-state index in [1.807, 2.05) is 6.92 Å². The van der Waals surface area contributed by atoms with Crippen molar-refractivity contribution >= 4 is 29.3 Å². The van der Waals surface area contributed by atoms with Crippen LogP contribution in [0.25, 0.3) is 0 Å². The van der Waals surface area contributed by atoms with E-state index in [9.17, 15) is 4.79 Å². The van der Waals surface area contributed by atoms with E-state index in [0.29, 0.717) is 11.6 Å². The first-order valence-corrected chi connectivity index (χ1v) is 5.77. The van der Waals surface area contributed by atoms with Gasteiger partial charge in [0.2, 0.25) is 5.28 Å². The van der Waals surface area contributed by atoms with Crippen molar-refractivity contribution in [2.24, 2.45) is 0 Å². The third-order valence-corrected chi connectivity index (χ3v) is 2.50. The highest BCUT2D eigenvalue weighted by Crippen LogP contribution is 2.17. The molecule has 0 fully saturated rings. The van der Waals surface area contributed by atoms with Gasteiger partial charge in [0.05, 0.1) is 12.4 Å². The van der Waals surface area contributed by atoms with Crippen molar-refractivity contribution < 1.29 is 9.53 Å². The summed E-state index contributed by atoms with van der Waals surface area (Å²) in [6.07, 6.45) is 0. The first-order chi connectivity index (χ1) is 7.11. The van der Waals surface area contributed by atoms with Gasteiger partial charge in [-0.05, 0) is 31.5 Å². The molecule has 0 aliphatic heterocycles. The predicted octanol–water partition coefficient (Wildman–Crippen LogP) is 2.09. The Morgan fingerprint density at radius 2 is 2.33 bits per heavy atom. The summed E-state index contributed by atoms with van der Waals surface area (Å²) in [5.41, 5.74) is 0.779. The number of thioether (sulfide) groups is 1. The molecule has 0 amide bonds. The van der Waals surface area contributed by atoms with Crippen LogP contribution in [0.1, 0.15) is 12.6 Å². The van der Waals surface area contributed by atoms with Crippen LogP contribution in [0.15, 0.2) is 11.1 Å². The lowest BCUT2D eigenvalue weighted by Gasteiger charge is -2.02. The number of carbonyl (C=O) groups excluding carboxylic acids is 1. The smallest absolute Gasteiger partial charge is 0.316 e. The van der Waals surface area contributed by atoms with Gasteiger partial charge in [-0.2, -0.15) is 0 Å². The normalized spacial score (nSPS) is 10.1. The van der Waals surface area contributed by atoms with Crippen LogP contribution in [0.4, 0.5) is 0 Å². The second kappa shape index (κ2) is 5.92. The highest BCUT2D eigenvalue weighted by Gasteiger charge is 2.05. The lowest BCUT2D eigenvalue weighted by atomic mass is 10.5. The Hall–Kier alpha value is -0.810. The van der Waals surface area contributed by atoms with Crippen LogP contribution in [0.5, 0.6) is 0 Å². The second-order valence-corrected chi connectivity index (χ2v) is 4.04. The third kappa shape index (κ3) is 4.48. The number of esters is 1. The average Bonchev–Trinajstić information content (AvgIpc) is 2.14. The fourth-order valence-electron chi connectivity index (χ4n) is 0.914. The molecule has 4 nitrogen and oxygen atoms in total. The van der Waals surface area contributed by atoms with E-state index in [1.165, 1.54) is 11.8 Å². The van der Waals surface area contributed by atoms with Gasteiger partial charge < -0.3 is 4.74 Å². The molecule has 0 saturated carbocycles. The lowest BCUT2D eigenvalue weighted by molar-refractivity contribution is -0.139. The molecular formula is C9H11ClN2O2S. The Morgan fingerprint density at radius 1 is 1.60 bits per heavy atom. The lowest BCUT2D eigenvalue weighted by Crippen LogP contribution is -2.06. The van der Waals surface area contributed by atoms with Crippen LogP contribution < -0.4 is 0 Å². The van der Waals surface area contributed by atoms with Gasteiger partial charge in [-0.25, -0.2) is 9.97 Å². The molecule has 0 aliphatic carbocycles. The largest absolute Gasteiger partial charge is 0.465 e. The zero-order chi connectivity index (χ0) is 11.3. The quantitative estimate of drug-likeness (QED) is 0.352. The Kier molecular flexibility index (Phi) is 4.84. The molecule has 0 N–H and O–H groups in total. The summed E-state index contributed by atoms with van der Waals surface area (Å²) in [5.74, 6) is -0.0180. The van der Waals surface area contributed by atoms with E-state index < -0.39 is 0 Å². The number of halogens is 1. The Balaban J connectivity index is 2.54. The van der Waals surface area contributed by atoms with Gasteiger partial charge >= 0.3 is 5.97 Å². The minimum Gasteiger partial charge on any atom is -0.465 e. The summed E-state index contributed by atoms with van der Waals surface area (Å²) < 4.78 is 4.79. The van der Waals surface area contributed by atoms with E-state index in [-0.39, 0.29) is 17.0 Å². The molecule has 0 unspecified atom stereocenters. The Bertz CT molecular complexity index is 340. The first kappa shape index (κ1) is 12.3. The number of ether oxygens (including phenoxy) is 1. The summed E-state index contributed by atoms with van der Waals surface area (Å²) in [5, 5.41) is 0.877. The molecule has 1 aromatic heterocycles. The number of aryl methyl sites for hydroxylation is 1. The molecule has 0 aliphatic rings. The molecule has 0 saturated heterocycles. The van der Waals surface area contributed by atoms with Crippen molar-refractivity contribution in [3.8, 4) is 0 Å². The highest BCUT2D eigenvalue weighted by atomic mass is 35.5. The van der Waals surface area contributed by atoms with Crippen LogP contribution >= 0.6 is 23.4 Å². The number of hydrogen-bond donors (Lipinski definition) is 0. The predicted molar refractivity (Wildman–Crippen MR) is 59.1 cm³/mol. The molecule has 1 rings (SSSR count). The third-order valence-electron chi connectivity index (χ3n) is 1.45. The van der Waals surface area contributed by atoms with Gasteiger partial charge in [0.15, 0.2) is 0 Å². The summed E-state index contributed by atoms with van der Waals surface area (Å²) in [6.45, 7) is 3.99. The monoisotopic (exact) mass is 246 g/mol. The zero-order valence-electron chi connectivity index (χ0n) is 8.49. The maximum Gasteiger partial charge on any atom is 0.316 e. The van der Waals surface area contributed by atoms with Gasteiger partial charge in [-0.15, -0.1) is 0 Å². The van der Waals surface area contributed by atoms with Gasteiger partial charge in [0.25, 0.3) is 0 Å². The molecular weight excluding hydrogens is 236 g/mol. The van der Waals surface area contributed by atoms with Crippen molar-refractivity contribution in [1.82, 2.24) is 9.97 Å². The average molecular weight is 247 g/mol. The number of nitrogens with zero attached hydrogens (tertiary/aromatic N) is 2. The summed E-state index contributed by atoms with van der Waals surface area (Å²) in [6, 6.07) is 1.77. The van der Waals surface area contributed by atoms with Crippen molar-refractivity contribution in [3.63, 3.8) is 0 Å². The van der Waals surface area contributed by atoms with Crippen LogP contribution in [0, 0.1) is 6.92 Å². The van der Waals surface area contributed by atoms with E-state index in [2.05, 4.69) is 9.97 Å². The molecule has 0 aromatic carbocycles. The zero-order valence-corrected chi connectivity index (χ0v) is 10.1. The summed E-state index contributed by atoms with van der Waals surface area (Å²) in [4.78, 5) is 19.0. The number of rotatable bonds is 4. The maximum atomic E-state index is 11.1. The SMILES string of the molecule is CCOC(=O)CSc1cc(C)nc(Cl)n1. The van der Waals surface area contributed by atoms with E-state index >= 15 is 0 Å². The van der Waals surface area contributed by atoms with Crippen LogP contribution in [0.2, 0.25) is 5.28 Å². The van der Waals surface area contributed by atoms with Gasteiger partial charge in [0.1, 0.15) is 5.03 Å². The van der Waals surface area contributed by atoms with Crippen LogP contribution in [0.3, 0.4) is 0 Å².